The van der Waals surface area contributed by atoms with E-state index in [1.807, 2.05) is 0 Å². The standard InChI is InChI=1S/C13H18IN/c1-11-9-15(8-7-13(11)14)10-12-5-3-2-4-6-12/h2-6,11,13H,7-10H2,1H3/t11-,13+/m0/s1. The summed E-state index contributed by atoms with van der Waals surface area (Å²) >= 11 is 2.60. The van der Waals surface area contributed by atoms with Crippen LogP contribution in [0.15, 0.2) is 30.3 Å². The van der Waals surface area contributed by atoms with Gasteiger partial charge in [-0.05, 0) is 24.4 Å². The second-order valence-electron chi connectivity index (χ2n) is 4.50. The second kappa shape index (κ2) is 5.30. The van der Waals surface area contributed by atoms with Crippen molar-refractivity contribution in [2.75, 3.05) is 13.1 Å². The van der Waals surface area contributed by atoms with Crippen molar-refractivity contribution < 1.29 is 0 Å². The van der Waals surface area contributed by atoms with E-state index in [-0.39, 0.29) is 0 Å². The molecule has 2 atom stereocenters. The van der Waals surface area contributed by atoms with E-state index in [2.05, 4.69) is 64.7 Å². The zero-order valence-corrected chi connectivity index (χ0v) is 11.4. The fourth-order valence-electron chi connectivity index (χ4n) is 2.19. The first-order valence-corrected chi connectivity index (χ1v) is 6.90. The van der Waals surface area contributed by atoms with Crippen molar-refractivity contribution in [3.63, 3.8) is 0 Å². The number of halogens is 1. The molecule has 0 radical (unpaired) electrons. The molecule has 15 heavy (non-hydrogen) atoms. The molecule has 0 unspecified atom stereocenters. The number of nitrogens with zero attached hydrogens (tertiary/aromatic N) is 1. The van der Waals surface area contributed by atoms with Crippen LogP contribution in [-0.2, 0) is 6.54 Å². The fraction of sp³-hybridized carbons (Fsp3) is 0.538. The minimum atomic E-state index is 0.836. The molecule has 1 aromatic rings. The van der Waals surface area contributed by atoms with Gasteiger partial charge in [-0.1, -0.05) is 59.8 Å². The van der Waals surface area contributed by atoms with E-state index in [1.165, 1.54) is 25.1 Å². The summed E-state index contributed by atoms with van der Waals surface area (Å²) in [5.41, 5.74) is 1.44. The number of likely N-dealkylation sites (tertiary alicyclic amines) is 1. The van der Waals surface area contributed by atoms with E-state index >= 15 is 0 Å². The van der Waals surface area contributed by atoms with Crippen LogP contribution >= 0.6 is 22.6 Å². The van der Waals surface area contributed by atoms with Gasteiger partial charge in [0, 0.05) is 17.0 Å². The molecule has 1 saturated heterocycles. The van der Waals surface area contributed by atoms with E-state index in [0.29, 0.717) is 0 Å². The lowest BCUT2D eigenvalue weighted by molar-refractivity contribution is 0.186. The summed E-state index contributed by atoms with van der Waals surface area (Å²) in [6, 6.07) is 10.8. The smallest absolute Gasteiger partial charge is 0.0233 e. The quantitative estimate of drug-likeness (QED) is 0.598. The lowest BCUT2D eigenvalue weighted by atomic mass is 10.00. The van der Waals surface area contributed by atoms with Gasteiger partial charge in [0.15, 0.2) is 0 Å². The Hall–Kier alpha value is -0.0900. The first-order valence-electron chi connectivity index (χ1n) is 5.66. The van der Waals surface area contributed by atoms with Gasteiger partial charge >= 0.3 is 0 Å². The number of benzene rings is 1. The number of rotatable bonds is 2. The summed E-state index contributed by atoms with van der Waals surface area (Å²) in [5, 5.41) is 0. The van der Waals surface area contributed by atoms with Gasteiger partial charge in [-0.3, -0.25) is 4.90 Å². The van der Waals surface area contributed by atoms with E-state index in [9.17, 15) is 0 Å². The summed E-state index contributed by atoms with van der Waals surface area (Å²) in [6.07, 6.45) is 1.34. The summed E-state index contributed by atoms with van der Waals surface area (Å²) < 4.78 is 0.870. The second-order valence-corrected chi connectivity index (χ2v) is 6.10. The molecule has 0 bridgehead atoms. The van der Waals surface area contributed by atoms with Gasteiger partial charge in [0.2, 0.25) is 0 Å². The van der Waals surface area contributed by atoms with Crippen LogP contribution in [0.2, 0.25) is 0 Å². The lowest BCUT2D eigenvalue weighted by Gasteiger charge is -2.34. The Morgan fingerprint density at radius 3 is 2.73 bits per heavy atom. The molecular weight excluding hydrogens is 297 g/mol. The third-order valence-electron chi connectivity index (χ3n) is 3.13. The lowest BCUT2D eigenvalue weighted by Crippen LogP contribution is -2.39. The molecule has 0 aliphatic carbocycles. The highest BCUT2D eigenvalue weighted by molar-refractivity contribution is 14.1. The molecule has 0 spiro atoms. The SMILES string of the molecule is C[C@H]1CN(Cc2ccccc2)CC[C@H]1I. The van der Waals surface area contributed by atoms with Crippen molar-refractivity contribution in [2.45, 2.75) is 23.8 Å². The van der Waals surface area contributed by atoms with Crippen molar-refractivity contribution >= 4 is 22.6 Å². The first-order chi connectivity index (χ1) is 7.25. The minimum absolute atomic E-state index is 0.836. The molecule has 0 aromatic heterocycles. The molecule has 1 aliphatic heterocycles. The summed E-state index contributed by atoms with van der Waals surface area (Å²) in [6.45, 7) is 6.00. The topological polar surface area (TPSA) is 3.24 Å². The predicted molar refractivity (Wildman–Crippen MR) is 73.3 cm³/mol. The third kappa shape index (κ3) is 3.18. The highest BCUT2D eigenvalue weighted by Crippen LogP contribution is 2.24. The Morgan fingerprint density at radius 1 is 1.33 bits per heavy atom. The van der Waals surface area contributed by atoms with E-state index in [1.54, 1.807) is 0 Å². The van der Waals surface area contributed by atoms with Crippen molar-refractivity contribution in [1.82, 2.24) is 4.90 Å². The largest absolute Gasteiger partial charge is 0.299 e. The van der Waals surface area contributed by atoms with Crippen LogP contribution in [0.1, 0.15) is 18.9 Å². The Morgan fingerprint density at radius 2 is 2.07 bits per heavy atom. The summed E-state index contributed by atoms with van der Waals surface area (Å²) in [4.78, 5) is 2.58. The van der Waals surface area contributed by atoms with Crippen LogP contribution in [0, 0.1) is 5.92 Å². The average molecular weight is 315 g/mol. The molecule has 1 fully saturated rings. The van der Waals surface area contributed by atoms with Gasteiger partial charge in [-0.2, -0.15) is 0 Å². The molecule has 1 aliphatic rings. The number of hydrogen-bond donors (Lipinski definition) is 0. The van der Waals surface area contributed by atoms with Crippen LogP contribution in [0.3, 0.4) is 0 Å². The molecule has 0 saturated carbocycles. The summed E-state index contributed by atoms with van der Waals surface area (Å²) in [5.74, 6) is 0.836. The fourth-order valence-corrected chi connectivity index (χ4v) is 2.69. The van der Waals surface area contributed by atoms with Crippen molar-refractivity contribution in [3.8, 4) is 0 Å². The van der Waals surface area contributed by atoms with Crippen molar-refractivity contribution in [3.05, 3.63) is 35.9 Å². The predicted octanol–water partition coefficient (Wildman–Crippen LogP) is 3.33. The Balaban J connectivity index is 1.91. The van der Waals surface area contributed by atoms with Crippen molar-refractivity contribution in [1.29, 1.82) is 0 Å². The van der Waals surface area contributed by atoms with Gasteiger partial charge in [0.1, 0.15) is 0 Å². The minimum Gasteiger partial charge on any atom is -0.299 e. The highest BCUT2D eigenvalue weighted by atomic mass is 127. The van der Waals surface area contributed by atoms with Crippen LogP contribution in [0.25, 0.3) is 0 Å². The van der Waals surface area contributed by atoms with Gasteiger partial charge < -0.3 is 0 Å². The Bertz CT molecular complexity index is 299. The van der Waals surface area contributed by atoms with Gasteiger partial charge in [-0.25, -0.2) is 0 Å². The van der Waals surface area contributed by atoms with Crippen LogP contribution in [-0.4, -0.2) is 21.9 Å². The maximum Gasteiger partial charge on any atom is 0.0233 e. The van der Waals surface area contributed by atoms with Crippen LogP contribution in [0.5, 0.6) is 0 Å². The monoisotopic (exact) mass is 315 g/mol. The molecule has 0 amide bonds. The zero-order chi connectivity index (χ0) is 10.7. The molecule has 82 valence electrons. The van der Waals surface area contributed by atoms with Crippen LogP contribution in [0.4, 0.5) is 0 Å². The zero-order valence-electron chi connectivity index (χ0n) is 9.20. The molecule has 1 heterocycles. The molecule has 2 heteroatoms. The molecular formula is C13H18IN. The summed E-state index contributed by atoms with van der Waals surface area (Å²) in [7, 11) is 0. The maximum absolute atomic E-state index is 2.60. The number of piperidine rings is 1. The van der Waals surface area contributed by atoms with E-state index in [4.69, 9.17) is 0 Å². The molecule has 1 nitrogen and oxygen atoms in total. The average Bonchev–Trinajstić information content (AvgIpc) is 2.25. The maximum atomic E-state index is 2.60. The Labute approximate surface area is 106 Å². The molecule has 1 aromatic carbocycles. The van der Waals surface area contributed by atoms with E-state index < -0.39 is 0 Å². The molecule has 0 N–H and O–H groups in total. The molecule has 2 rings (SSSR count). The van der Waals surface area contributed by atoms with Gasteiger partial charge in [0.05, 0.1) is 0 Å². The van der Waals surface area contributed by atoms with Gasteiger partial charge in [0.25, 0.3) is 0 Å². The van der Waals surface area contributed by atoms with Gasteiger partial charge in [-0.15, -0.1) is 0 Å². The number of hydrogen-bond acceptors (Lipinski definition) is 1. The Kier molecular flexibility index (Phi) is 4.03. The first kappa shape index (κ1) is 11.4. The number of alkyl halides is 1. The highest BCUT2D eigenvalue weighted by Gasteiger charge is 2.23. The van der Waals surface area contributed by atoms with Crippen LogP contribution < -0.4 is 0 Å². The third-order valence-corrected chi connectivity index (χ3v) is 4.98. The normalized spacial score (nSPS) is 27.9. The van der Waals surface area contributed by atoms with E-state index in [0.717, 1.165) is 16.4 Å². The van der Waals surface area contributed by atoms with Crippen molar-refractivity contribution in [2.24, 2.45) is 5.92 Å².